The van der Waals surface area contributed by atoms with Gasteiger partial charge in [0.05, 0.1) is 33.1 Å². The van der Waals surface area contributed by atoms with Gasteiger partial charge >= 0.3 is 0 Å². The number of amides is 1. The maximum atomic E-state index is 13.6. The normalized spacial score (nSPS) is 14.8. The van der Waals surface area contributed by atoms with E-state index in [1.807, 2.05) is 30.3 Å². The Balaban J connectivity index is 2.19. The van der Waals surface area contributed by atoms with Gasteiger partial charge in [-0.25, -0.2) is 8.42 Å². The van der Waals surface area contributed by atoms with Crippen molar-refractivity contribution in [2.75, 3.05) is 38.8 Å². The van der Waals surface area contributed by atoms with Crippen LogP contribution in [0.15, 0.2) is 47.4 Å². The van der Waals surface area contributed by atoms with Gasteiger partial charge in [0.1, 0.15) is 0 Å². The van der Waals surface area contributed by atoms with Gasteiger partial charge in [-0.3, -0.25) is 9.10 Å². The van der Waals surface area contributed by atoms with Crippen LogP contribution in [0.1, 0.15) is 18.1 Å². The Hall–Kier alpha value is -3.04. The molecule has 0 saturated heterocycles. The van der Waals surface area contributed by atoms with Crippen molar-refractivity contribution in [3.8, 4) is 11.5 Å². The number of rotatable bonds is 8. The number of hydrogen-bond acceptors (Lipinski definition) is 6. The van der Waals surface area contributed by atoms with Crippen LogP contribution in [0.2, 0.25) is 0 Å². The average Bonchev–Trinajstić information content (AvgIpc) is 2.76. The fourth-order valence-electron chi connectivity index (χ4n) is 3.48. The molecule has 8 nitrogen and oxygen atoms in total. The van der Waals surface area contributed by atoms with Crippen molar-refractivity contribution in [2.45, 2.75) is 13.5 Å². The van der Waals surface area contributed by atoms with E-state index in [0.29, 0.717) is 28.3 Å². The van der Waals surface area contributed by atoms with E-state index in [0.717, 1.165) is 5.56 Å². The van der Waals surface area contributed by atoms with Crippen LogP contribution in [-0.2, 0) is 26.1 Å². The van der Waals surface area contributed by atoms with Crippen molar-refractivity contribution >= 4 is 27.2 Å². The molecule has 0 radical (unpaired) electrons. The highest BCUT2D eigenvalue weighted by Gasteiger charge is 2.40. The summed E-state index contributed by atoms with van der Waals surface area (Å²) in [6.45, 7) is 2.15. The van der Waals surface area contributed by atoms with E-state index in [1.54, 1.807) is 19.1 Å². The molecule has 9 heteroatoms. The van der Waals surface area contributed by atoms with Gasteiger partial charge in [-0.15, -0.1) is 0 Å². The zero-order valence-electron chi connectivity index (χ0n) is 18.0. The molecule has 0 fully saturated rings. The van der Waals surface area contributed by atoms with Crippen LogP contribution in [0.25, 0.3) is 5.57 Å². The summed E-state index contributed by atoms with van der Waals surface area (Å²) in [5, 5.41) is 2.62. The second-order valence-electron chi connectivity index (χ2n) is 6.92. The first kappa shape index (κ1) is 22.6. The zero-order valence-corrected chi connectivity index (χ0v) is 18.8. The molecule has 0 unspecified atom stereocenters. The van der Waals surface area contributed by atoms with Gasteiger partial charge in [0.25, 0.3) is 15.9 Å². The first-order valence-corrected chi connectivity index (χ1v) is 11.1. The fraction of sp³-hybridized carbons (Fsp3) is 0.318. The largest absolute Gasteiger partial charge is 0.493 e. The molecular formula is C22H26N2O6S. The summed E-state index contributed by atoms with van der Waals surface area (Å²) in [7, 11) is 0.353. The standard InChI is InChI=1S/C22H26N2O6S/c1-15-17-12-19(29-3)20(30-4)13-18(17)24(14-16-8-6-5-7-9-16)31(26,27)21(15)22(25)23-10-11-28-2/h5-9,12-13H,10-11,14H2,1-4H3,(H,23,25). The fourth-order valence-corrected chi connectivity index (χ4v) is 5.24. The molecule has 2 aromatic rings. The number of allylic oxidation sites excluding steroid dienone is 1. The van der Waals surface area contributed by atoms with Crippen LogP contribution in [0.4, 0.5) is 5.69 Å². The molecule has 1 heterocycles. The smallest absolute Gasteiger partial charge is 0.270 e. The lowest BCUT2D eigenvalue weighted by Crippen LogP contribution is -2.41. The lowest BCUT2D eigenvalue weighted by molar-refractivity contribution is -0.117. The number of anilines is 1. The molecule has 0 aromatic heterocycles. The van der Waals surface area contributed by atoms with Crippen LogP contribution in [0.5, 0.6) is 11.5 Å². The van der Waals surface area contributed by atoms with Crippen LogP contribution < -0.4 is 19.1 Å². The van der Waals surface area contributed by atoms with Crippen LogP contribution in [-0.4, -0.2) is 48.8 Å². The monoisotopic (exact) mass is 446 g/mol. The maximum Gasteiger partial charge on any atom is 0.270 e. The molecule has 0 aliphatic carbocycles. The highest BCUT2D eigenvalue weighted by atomic mass is 32.2. The Kier molecular flexibility index (Phi) is 6.87. The predicted octanol–water partition coefficient (Wildman–Crippen LogP) is 2.55. The van der Waals surface area contributed by atoms with Crippen molar-refractivity contribution < 1.29 is 27.4 Å². The Bertz CT molecular complexity index is 1100. The van der Waals surface area contributed by atoms with E-state index in [2.05, 4.69) is 5.32 Å². The SMILES string of the molecule is COCCNC(=O)C1=C(C)c2cc(OC)c(OC)cc2N(Cc2ccccc2)S1(=O)=O. The van der Waals surface area contributed by atoms with Gasteiger partial charge in [0.15, 0.2) is 16.4 Å². The number of hydrogen-bond donors (Lipinski definition) is 1. The average molecular weight is 447 g/mol. The summed E-state index contributed by atoms with van der Waals surface area (Å²) in [4.78, 5) is 12.6. The molecule has 31 heavy (non-hydrogen) atoms. The number of nitrogens with zero attached hydrogens (tertiary/aromatic N) is 1. The summed E-state index contributed by atoms with van der Waals surface area (Å²) in [6, 6.07) is 12.5. The molecule has 0 bridgehead atoms. The first-order chi connectivity index (χ1) is 14.8. The quantitative estimate of drug-likeness (QED) is 0.627. The van der Waals surface area contributed by atoms with Crippen molar-refractivity contribution in [3.05, 3.63) is 58.5 Å². The number of benzene rings is 2. The third kappa shape index (κ3) is 4.38. The predicted molar refractivity (Wildman–Crippen MR) is 119 cm³/mol. The van der Waals surface area contributed by atoms with Gasteiger partial charge in [-0.05, 0) is 24.1 Å². The van der Waals surface area contributed by atoms with Gasteiger partial charge in [0, 0.05) is 25.3 Å². The summed E-state index contributed by atoms with van der Waals surface area (Å²) in [5.74, 6) is 0.169. The number of carbonyl (C=O) groups is 1. The van der Waals surface area contributed by atoms with E-state index in [4.69, 9.17) is 14.2 Å². The van der Waals surface area contributed by atoms with Crippen molar-refractivity contribution in [2.24, 2.45) is 0 Å². The minimum absolute atomic E-state index is 0.0633. The van der Waals surface area contributed by atoms with E-state index in [-0.39, 0.29) is 24.6 Å². The molecular weight excluding hydrogens is 420 g/mol. The highest BCUT2D eigenvalue weighted by Crippen LogP contribution is 2.45. The number of fused-ring (bicyclic) bond motifs is 1. The maximum absolute atomic E-state index is 13.6. The molecule has 1 aliphatic heterocycles. The van der Waals surface area contributed by atoms with Gasteiger partial charge in [-0.2, -0.15) is 0 Å². The minimum Gasteiger partial charge on any atom is -0.493 e. The number of carbonyl (C=O) groups excluding carboxylic acids is 1. The number of ether oxygens (including phenoxy) is 3. The Labute approximate surface area is 182 Å². The highest BCUT2D eigenvalue weighted by molar-refractivity contribution is 7.97. The van der Waals surface area contributed by atoms with Gasteiger partial charge in [0.2, 0.25) is 0 Å². The van der Waals surface area contributed by atoms with Crippen LogP contribution >= 0.6 is 0 Å². The second kappa shape index (κ2) is 9.40. The molecule has 166 valence electrons. The number of nitrogens with one attached hydrogen (secondary N) is 1. The number of sulfonamides is 1. The summed E-state index contributed by atoms with van der Waals surface area (Å²) >= 11 is 0. The van der Waals surface area contributed by atoms with E-state index in [1.165, 1.54) is 25.6 Å². The summed E-state index contributed by atoms with van der Waals surface area (Å²) in [6.07, 6.45) is 0. The topological polar surface area (TPSA) is 94.2 Å². The Morgan fingerprint density at radius 3 is 2.29 bits per heavy atom. The van der Waals surface area contributed by atoms with E-state index >= 15 is 0 Å². The molecule has 0 saturated carbocycles. The van der Waals surface area contributed by atoms with Crippen LogP contribution in [0, 0.1) is 0 Å². The first-order valence-electron chi connectivity index (χ1n) is 9.66. The lowest BCUT2D eigenvalue weighted by Gasteiger charge is -2.33. The van der Waals surface area contributed by atoms with Crippen molar-refractivity contribution in [1.82, 2.24) is 5.32 Å². The third-order valence-corrected chi connectivity index (χ3v) is 6.94. The molecule has 3 rings (SSSR count). The van der Waals surface area contributed by atoms with E-state index < -0.39 is 15.9 Å². The van der Waals surface area contributed by atoms with E-state index in [9.17, 15) is 13.2 Å². The second-order valence-corrected chi connectivity index (χ2v) is 8.72. The molecule has 1 aliphatic rings. The summed E-state index contributed by atoms with van der Waals surface area (Å²) < 4.78 is 44.2. The number of methoxy groups -OCH3 is 3. The molecule has 0 atom stereocenters. The van der Waals surface area contributed by atoms with Gasteiger partial charge in [-0.1, -0.05) is 30.3 Å². The molecule has 2 aromatic carbocycles. The summed E-state index contributed by atoms with van der Waals surface area (Å²) in [5.41, 5.74) is 2.13. The lowest BCUT2D eigenvalue weighted by atomic mass is 10.0. The minimum atomic E-state index is -4.14. The van der Waals surface area contributed by atoms with Crippen LogP contribution in [0.3, 0.4) is 0 Å². The molecule has 1 N–H and O–H groups in total. The molecule has 1 amide bonds. The van der Waals surface area contributed by atoms with Crippen molar-refractivity contribution in [1.29, 1.82) is 0 Å². The third-order valence-electron chi connectivity index (χ3n) is 5.03. The Morgan fingerprint density at radius 2 is 1.68 bits per heavy atom. The zero-order chi connectivity index (χ0) is 22.6. The van der Waals surface area contributed by atoms with Gasteiger partial charge < -0.3 is 19.5 Å². The molecule has 0 spiro atoms. The Morgan fingerprint density at radius 1 is 1.03 bits per heavy atom. The van der Waals surface area contributed by atoms with Crippen molar-refractivity contribution in [3.63, 3.8) is 0 Å².